The van der Waals surface area contributed by atoms with Crippen molar-refractivity contribution in [1.82, 2.24) is 4.31 Å². The number of rotatable bonds is 7. The monoisotopic (exact) mass is 540 g/mol. The second kappa shape index (κ2) is 10.5. The minimum absolute atomic E-state index is 0.0328. The Bertz CT molecular complexity index is 1140. The van der Waals surface area contributed by atoms with Crippen LogP contribution in [0.15, 0.2) is 45.8 Å². The quantitative estimate of drug-likeness (QED) is 0.536. The van der Waals surface area contributed by atoms with Crippen molar-refractivity contribution in [3.8, 4) is 11.5 Å². The lowest BCUT2D eigenvalue weighted by molar-refractivity contribution is -0.120. The zero-order chi connectivity index (χ0) is 24.2. The molecule has 1 heterocycles. The zero-order valence-electron chi connectivity index (χ0n) is 18.5. The van der Waals surface area contributed by atoms with Crippen LogP contribution in [0.5, 0.6) is 11.5 Å². The summed E-state index contributed by atoms with van der Waals surface area (Å²) in [4.78, 5) is 25.5. The molecule has 1 aliphatic rings. The van der Waals surface area contributed by atoms with Gasteiger partial charge in [-0.2, -0.15) is 4.31 Å². The lowest BCUT2D eigenvalue weighted by Crippen LogP contribution is -2.43. The normalized spacial score (nSPS) is 16.7. The van der Waals surface area contributed by atoms with Gasteiger partial charge in [0, 0.05) is 29.7 Å². The molecule has 1 atom stereocenters. The third kappa shape index (κ3) is 5.48. The van der Waals surface area contributed by atoms with Gasteiger partial charge >= 0.3 is 5.97 Å². The van der Waals surface area contributed by atoms with E-state index in [1.54, 1.807) is 12.1 Å². The smallest absolute Gasteiger partial charge is 0.340 e. The van der Waals surface area contributed by atoms with Crippen LogP contribution in [0.4, 0.5) is 5.69 Å². The van der Waals surface area contributed by atoms with Gasteiger partial charge in [-0.15, -0.1) is 0 Å². The molecule has 1 saturated heterocycles. The number of hydrogen-bond acceptors (Lipinski definition) is 7. The van der Waals surface area contributed by atoms with E-state index in [0.717, 1.165) is 4.47 Å². The zero-order valence-corrected chi connectivity index (χ0v) is 20.9. The van der Waals surface area contributed by atoms with Gasteiger partial charge < -0.3 is 19.5 Å². The molecule has 3 rings (SSSR count). The molecule has 0 bridgehead atoms. The molecule has 9 nitrogen and oxygen atoms in total. The topological polar surface area (TPSA) is 111 Å². The highest BCUT2D eigenvalue weighted by Gasteiger charge is 2.34. The number of piperidine rings is 1. The number of anilines is 1. The van der Waals surface area contributed by atoms with Crippen molar-refractivity contribution in [3.63, 3.8) is 0 Å². The molecule has 2 aromatic rings. The summed E-state index contributed by atoms with van der Waals surface area (Å²) in [5.41, 5.74) is 0.288. The first kappa shape index (κ1) is 25.0. The summed E-state index contributed by atoms with van der Waals surface area (Å²) in [5, 5.41) is 2.74. The van der Waals surface area contributed by atoms with Crippen molar-refractivity contribution in [2.24, 2.45) is 5.92 Å². The predicted molar refractivity (Wildman–Crippen MR) is 125 cm³/mol. The van der Waals surface area contributed by atoms with Crippen LogP contribution < -0.4 is 14.8 Å². The van der Waals surface area contributed by atoms with E-state index in [9.17, 15) is 18.0 Å². The van der Waals surface area contributed by atoms with Crippen LogP contribution >= 0.6 is 15.9 Å². The van der Waals surface area contributed by atoms with Crippen molar-refractivity contribution in [2.75, 3.05) is 39.7 Å². The fraction of sp³-hybridized carbons (Fsp3) is 0.364. The average Bonchev–Trinajstić information content (AvgIpc) is 2.83. The van der Waals surface area contributed by atoms with Gasteiger partial charge in [0.2, 0.25) is 15.9 Å². The molecule has 1 amide bonds. The largest absolute Gasteiger partial charge is 0.493 e. The number of carbonyl (C=O) groups excluding carboxylic acids is 2. The van der Waals surface area contributed by atoms with Crippen LogP contribution in [-0.4, -0.2) is 59.0 Å². The number of esters is 1. The number of halogens is 1. The molecule has 0 aliphatic carbocycles. The SMILES string of the molecule is COC(=O)c1cc(OC)c(OC)cc1NC(=O)[C@@H]1CCCN(S(=O)(=O)c2ccc(Br)cc2)C1. The van der Waals surface area contributed by atoms with Gasteiger partial charge in [0.15, 0.2) is 11.5 Å². The van der Waals surface area contributed by atoms with Gasteiger partial charge in [0.25, 0.3) is 0 Å². The van der Waals surface area contributed by atoms with Crippen LogP contribution in [0, 0.1) is 5.92 Å². The van der Waals surface area contributed by atoms with Gasteiger partial charge in [-0.05, 0) is 37.1 Å². The van der Waals surface area contributed by atoms with E-state index in [4.69, 9.17) is 14.2 Å². The summed E-state index contributed by atoms with van der Waals surface area (Å²) in [5.74, 6) is -1.02. The summed E-state index contributed by atoms with van der Waals surface area (Å²) in [6, 6.07) is 9.26. The third-order valence-electron chi connectivity index (χ3n) is 5.39. The summed E-state index contributed by atoms with van der Waals surface area (Å²) in [6.07, 6.45) is 1.04. The van der Waals surface area contributed by atoms with Crippen molar-refractivity contribution < 1.29 is 32.2 Å². The molecule has 0 unspecified atom stereocenters. The third-order valence-corrected chi connectivity index (χ3v) is 7.80. The second-order valence-corrected chi connectivity index (χ2v) is 10.2. The number of amides is 1. The summed E-state index contributed by atoms with van der Waals surface area (Å²) in [7, 11) is 0.359. The first-order valence-corrected chi connectivity index (χ1v) is 12.4. The maximum absolute atomic E-state index is 13.1. The number of nitrogens with one attached hydrogen (secondary N) is 1. The standard InChI is InChI=1S/C22H25BrN2O7S/c1-30-19-11-17(22(27)32-3)18(12-20(19)31-2)24-21(26)14-5-4-10-25(13-14)33(28,29)16-8-6-15(23)7-9-16/h6-9,11-12,14H,4-5,10,13H2,1-3H3,(H,24,26)/t14-/m1/s1. The first-order valence-electron chi connectivity index (χ1n) is 10.1. The number of carbonyl (C=O) groups is 2. The van der Waals surface area contributed by atoms with E-state index in [0.29, 0.717) is 30.9 Å². The number of methoxy groups -OCH3 is 3. The Morgan fingerprint density at radius 3 is 2.30 bits per heavy atom. The summed E-state index contributed by atoms with van der Waals surface area (Å²) < 4.78 is 43.5. The van der Waals surface area contributed by atoms with E-state index >= 15 is 0 Å². The van der Waals surface area contributed by atoms with Crippen molar-refractivity contribution in [1.29, 1.82) is 0 Å². The molecule has 1 aliphatic heterocycles. The minimum Gasteiger partial charge on any atom is -0.493 e. The number of nitrogens with zero attached hydrogens (tertiary/aromatic N) is 1. The molecule has 33 heavy (non-hydrogen) atoms. The Labute approximate surface area is 201 Å². The van der Waals surface area contributed by atoms with Gasteiger partial charge in [0.05, 0.1) is 43.4 Å². The average molecular weight is 541 g/mol. The van der Waals surface area contributed by atoms with E-state index < -0.39 is 27.8 Å². The molecular weight excluding hydrogens is 516 g/mol. The van der Waals surface area contributed by atoms with Crippen molar-refractivity contribution in [3.05, 3.63) is 46.4 Å². The first-order chi connectivity index (χ1) is 15.7. The number of ether oxygens (including phenoxy) is 3. The number of hydrogen-bond donors (Lipinski definition) is 1. The molecule has 0 aromatic heterocycles. The lowest BCUT2D eigenvalue weighted by atomic mass is 9.98. The molecular formula is C22H25BrN2O7S. The molecule has 2 aromatic carbocycles. The van der Waals surface area contributed by atoms with Gasteiger partial charge in [0.1, 0.15) is 0 Å². The fourth-order valence-corrected chi connectivity index (χ4v) is 5.41. The van der Waals surface area contributed by atoms with Crippen LogP contribution in [0.3, 0.4) is 0 Å². The number of sulfonamides is 1. The van der Waals surface area contributed by atoms with Gasteiger partial charge in [-0.3, -0.25) is 4.79 Å². The highest BCUT2D eigenvalue weighted by atomic mass is 79.9. The Kier molecular flexibility index (Phi) is 7.98. The lowest BCUT2D eigenvalue weighted by Gasteiger charge is -2.31. The Morgan fingerprint density at radius 2 is 1.70 bits per heavy atom. The molecule has 0 radical (unpaired) electrons. The molecule has 0 spiro atoms. The second-order valence-electron chi connectivity index (χ2n) is 7.39. The van der Waals surface area contributed by atoms with Gasteiger partial charge in [-0.25, -0.2) is 13.2 Å². The van der Waals surface area contributed by atoms with Crippen LogP contribution in [0.25, 0.3) is 0 Å². The maximum Gasteiger partial charge on any atom is 0.340 e. The van der Waals surface area contributed by atoms with E-state index in [-0.39, 0.29) is 22.7 Å². The molecule has 11 heteroatoms. The van der Waals surface area contributed by atoms with Crippen molar-refractivity contribution in [2.45, 2.75) is 17.7 Å². The minimum atomic E-state index is -3.74. The maximum atomic E-state index is 13.1. The predicted octanol–water partition coefficient (Wildman–Crippen LogP) is 3.29. The number of benzene rings is 2. The van der Waals surface area contributed by atoms with Crippen LogP contribution in [-0.2, 0) is 19.6 Å². The summed E-state index contributed by atoms with van der Waals surface area (Å²) >= 11 is 3.30. The van der Waals surface area contributed by atoms with Crippen molar-refractivity contribution >= 4 is 43.5 Å². The Balaban J connectivity index is 1.83. The highest BCUT2D eigenvalue weighted by Crippen LogP contribution is 2.34. The fourth-order valence-electron chi connectivity index (χ4n) is 3.63. The molecule has 178 valence electrons. The van der Waals surface area contributed by atoms with Crippen LogP contribution in [0.2, 0.25) is 0 Å². The van der Waals surface area contributed by atoms with E-state index in [1.807, 2.05) is 0 Å². The van der Waals surface area contributed by atoms with E-state index in [2.05, 4.69) is 21.2 Å². The van der Waals surface area contributed by atoms with Crippen LogP contribution in [0.1, 0.15) is 23.2 Å². The molecule has 1 N–H and O–H groups in total. The molecule has 1 fully saturated rings. The van der Waals surface area contributed by atoms with Gasteiger partial charge in [-0.1, -0.05) is 15.9 Å². The highest BCUT2D eigenvalue weighted by molar-refractivity contribution is 9.10. The van der Waals surface area contributed by atoms with E-state index in [1.165, 1.54) is 49.9 Å². The summed E-state index contributed by atoms with van der Waals surface area (Å²) in [6.45, 7) is 0.358. The Hall–Kier alpha value is -2.63. The Morgan fingerprint density at radius 1 is 1.06 bits per heavy atom. The molecule has 0 saturated carbocycles.